The van der Waals surface area contributed by atoms with Crippen LogP contribution >= 0.6 is 15.9 Å². The average Bonchev–Trinajstić information content (AvgIpc) is 2.97. The molecule has 5 heteroatoms. The lowest BCUT2D eigenvalue weighted by Gasteiger charge is -2.24. The second kappa shape index (κ2) is 5.97. The Bertz CT molecular complexity index is 591. The average molecular weight is 336 g/mol. The Labute approximate surface area is 127 Å². The fourth-order valence-corrected chi connectivity index (χ4v) is 3.13. The number of rotatable bonds is 3. The SMILES string of the molecule is COc1ccc(Br)cc1-n1cncc1C1CCNCC1. The molecule has 0 radical (unpaired) electrons. The molecule has 0 spiro atoms. The number of piperidine rings is 1. The number of nitrogens with zero attached hydrogens (tertiary/aromatic N) is 2. The van der Waals surface area contributed by atoms with E-state index in [1.807, 2.05) is 24.7 Å². The molecule has 4 nitrogen and oxygen atoms in total. The Morgan fingerprint density at radius 1 is 1.35 bits per heavy atom. The molecule has 0 saturated carbocycles. The van der Waals surface area contributed by atoms with E-state index in [0.29, 0.717) is 5.92 Å². The van der Waals surface area contributed by atoms with Crippen molar-refractivity contribution in [2.45, 2.75) is 18.8 Å². The Morgan fingerprint density at radius 3 is 2.90 bits per heavy atom. The summed E-state index contributed by atoms with van der Waals surface area (Å²) in [6.45, 7) is 2.15. The third kappa shape index (κ3) is 2.60. The van der Waals surface area contributed by atoms with Gasteiger partial charge in [0.1, 0.15) is 5.75 Å². The maximum Gasteiger partial charge on any atom is 0.142 e. The van der Waals surface area contributed by atoms with Crippen molar-refractivity contribution in [1.82, 2.24) is 14.9 Å². The normalized spacial score (nSPS) is 16.3. The predicted molar refractivity (Wildman–Crippen MR) is 82.7 cm³/mol. The minimum Gasteiger partial charge on any atom is -0.495 e. The van der Waals surface area contributed by atoms with Crippen LogP contribution in [0.5, 0.6) is 5.75 Å². The van der Waals surface area contributed by atoms with Crippen molar-refractivity contribution < 1.29 is 4.74 Å². The van der Waals surface area contributed by atoms with Gasteiger partial charge in [0.25, 0.3) is 0 Å². The van der Waals surface area contributed by atoms with Gasteiger partial charge in [0, 0.05) is 22.3 Å². The number of ether oxygens (including phenoxy) is 1. The lowest BCUT2D eigenvalue weighted by atomic mass is 9.95. The number of methoxy groups -OCH3 is 1. The van der Waals surface area contributed by atoms with Crippen molar-refractivity contribution in [2.24, 2.45) is 0 Å². The molecule has 0 bridgehead atoms. The Morgan fingerprint density at radius 2 is 2.15 bits per heavy atom. The zero-order valence-electron chi connectivity index (χ0n) is 11.5. The third-order valence-corrected chi connectivity index (χ3v) is 4.32. The zero-order chi connectivity index (χ0) is 13.9. The number of nitrogens with one attached hydrogen (secondary N) is 1. The van der Waals surface area contributed by atoms with Gasteiger partial charge in [-0.1, -0.05) is 15.9 Å². The largest absolute Gasteiger partial charge is 0.495 e. The first-order valence-electron chi connectivity index (χ1n) is 6.86. The molecule has 1 saturated heterocycles. The highest BCUT2D eigenvalue weighted by Gasteiger charge is 2.20. The number of benzene rings is 1. The van der Waals surface area contributed by atoms with Crippen LogP contribution in [0.1, 0.15) is 24.5 Å². The molecular formula is C15H18BrN3O. The second-order valence-electron chi connectivity index (χ2n) is 5.03. The molecule has 0 amide bonds. The summed E-state index contributed by atoms with van der Waals surface area (Å²) >= 11 is 3.53. The minimum atomic E-state index is 0.558. The first-order chi connectivity index (χ1) is 9.79. The molecule has 1 aliphatic rings. The molecule has 1 N–H and O–H groups in total. The molecule has 2 heterocycles. The van der Waals surface area contributed by atoms with Crippen molar-refractivity contribution in [3.05, 3.63) is 40.9 Å². The van der Waals surface area contributed by atoms with Crippen LogP contribution in [-0.4, -0.2) is 29.8 Å². The topological polar surface area (TPSA) is 39.1 Å². The van der Waals surface area contributed by atoms with Gasteiger partial charge in [-0.25, -0.2) is 4.98 Å². The van der Waals surface area contributed by atoms with E-state index in [2.05, 4.69) is 36.9 Å². The Kier molecular flexibility index (Phi) is 4.08. The summed E-state index contributed by atoms with van der Waals surface area (Å²) in [5, 5.41) is 3.41. The van der Waals surface area contributed by atoms with E-state index >= 15 is 0 Å². The van der Waals surface area contributed by atoms with E-state index in [9.17, 15) is 0 Å². The van der Waals surface area contributed by atoms with Gasteiger partial charge in [-0.05, 0) is 44.1 Å². The maximum absolute atomic E-state index is 5.48. The van der Waals surface area contributed by atoms with Crippen LogP contribution in [0.4, 0.5) is 0 Å². The Hall–Kier alpha value is -1.33. The maximum atomic E-state index is 5.48. The summed E-state index contributed by atoms with van der Waals surface area (Å²) in [7, 11) is 1.70. The summed E-state index contributed by atoms with van der Waals surface area (Å²) in [4.78, 5) is 4.35. The van der Waals surface area contributed by atoms with E-state index in [4.69, 9.17) is 4.74 Å². The van der Waals surface area contributed by atoms with E-state index < -0.39 is 0 Å². The molecule has 1 fully saturated rings. The molecule has 1 aliphatic heterocycles. The smallest absolute Gasteiger partial charge is 0.142 e. The molecule has 0 atom stereocenters. The van der Waals surface area contributed by atoms with Crippen molar-refractivity contribution in [2.75, 3.05) is 20.2 Å². The van der Waals surface area contributed by atoms with E-state index in [-0.39, 0.29) is 0 Å². The van der Waals surface area contributed by atoms with E-state index in [1.54, 1.807) is 7.11 Å². The summed E-state index contributed by atoms with van der Waals surface area (Å²) in [5.74, 6) is 1.42. The quantitative estimate of drug-likeness (QED) is 0.936. The number of halogens is 1. The standard InChI is InChI=1S/C15H18BrN3O/c1-20-15-3-2-12(16)8-13(15)19-10-18-9-14(19)11-4-6-17-7-5-11/h2-3,8-11,17H,4-7H2,1H3. The third-order valence-electron chi connectivity index (χ3n) is 3.82. The fraction of sp³-hybridized carbons (Fsp3) is 0.400. The van der Waals surface area contributed by atoms with Crippen LogP contribution < -0.4 is 10.1 Å². The van der Waals surface area contributed by atoms with Crippen molar-refractivity contribution >= 4 is 15.9 Å². The van der Waals surface area contributed by atoms with Crippen molar-refractivity contribution in [1.29, 1.82) is 0 Å². The van der Waals surface area contributed by atoms with Crippen LogP contribution in [0.3, 0.4) is 0 Å². The van der Waals surface area contributed by atoms with Crippen LogP contribution in [0.15, 0.2) is 35.2 Å². The molecular weight excluding hydrogens is 318 g/mol. The highest BCUT2D eigenvalue weighted by atomic mass is 79.9. The van der Waals surface area contributed by atoms with Gasteiger partial charge in [-0.3, -0.25) is 4.57 Å². The summed E-state index contributed by atoms with van der Waals surface area (Å²) < 4.78 is 8.68. The van der Waals surface area contributed by atoms with Crippen LogP contribution in [0.2, 0.25) is 0 Å². The van der Waals surface area contributed by atoms with Gasteiger partial charge in [0.2, 0.25) is 0 Å². The molecule has 1 aromatic heterocycles. The summed E-state index contributed by atoms with van der Waals surface area (Å²) in [6, 6.07) is 6.04. The zero-order valence-corrected chi connectivity index (χ0v) is 13.1. The number of aromatic nitrogens is 2. The molecule has 0 unspecified atom stereocenters. The predicted octanol–water partition coefficient (Wildman–Crippen LogP) is 3.11. The number of hydrogen-bond acceptors (Lipinski definition) is 3. The van der Waals surface area contributed by atoms with Gasteiger partial charge in [-0.15, -0.1) is 0 Å². The van der Waals surface area contributed by atoms with Crippen LogP contribution in [0, 0.1) is 0 Å². The van der Waals surface area contributed by atoms with E-state index in [1.165, 1.54) is 5.69 Å². The molecule has 2 aromatic rings. The molecule has 1 aromatic carbocycles. The molecule has 20 heavy (non-hydrogen) atoms. The van der Waals surface area contributed by atoms with Gasteiger partial charge < -0.3 is 10.1 Å². The van der Waals surface area contributed by atoms with Crippen LogP contribution in [-0.2, 0) is 0 Å². The van der Waals surface area contributed by atoms with Crippen LogP contribution in [0.25, 0.3) is 5.69 Å². The fourth-order valence-electron chi connectivity index (χ4n) is 2.78. The number of imidazole rings is 1. The van der Waals surface area contributed by atoms with Gasteiger partial charge in [-0.2, -0.15) is 0 Å². The molecule has 3 rings (SSSR count). The number of hydrogen-bond donors (Lipinski definition) is 1. The van der Waals surface area contributed by atoms with E-state index in [0.717, 1.165) is 41.8 Å². The van der Waals surface area contributed by atoms with Gasteiger partial charge >= 0.3 is 0 Å². The molecule has 106 valence electrons. The minimum absolute atomic E-state index is 0.558. The summed E-state index contributed by atoms with van der Waals surface area (Å²) in [5.41, 5.74) is 2.30. The molecule has 0 aliphatic carbocycles. The Balaban J connectivity index is 2.02. The summed E-state index contributed by atoms with van der Waals surface area (Å²) in [6.07, 6.45) is 6.17. The van der Waals surface area contributed by atoms with Crippen molar-refractivity contribution in [3.63, 3.8) is 0 Å². The van der Waals surface area contributed by atoms with Gasteiger partial charge in [0.15, 0.2) is 0 Å². The highest BCUT2D eigenvalue weighted by molar-refractivity contribution is 9.10. The van der Waals surface area contributed by atoms with Gasteiger partial charge in [0.05, 0.1) is 19.1 Å². The van der Waals surface area contributed by atoms with Crippen molar-refractivity contribution in [3.8, 4) is 11.4 Å². The highest BCUT2D eigenvalue weighted by Crippen LogP contribution is 2.32. The lowest BCUT2D eigenvalue weighted by molar-refractivity contribution is 0.410. The monoisotopic (exact) mass is 335 g/mol. The lowest BCUT2D eigenvalue weighted by Crippen LogP contribution is -2.27. The first-order valence-corrected chi connectivity index (χ1v) is 7.66. The first kappa shape index (κ1) is 13.6. The second-order valence-corrected chi connectivity index (χ2v) is 5.94.